The summed E-state index contributed by atoms with van der Waals surface area (Å²) in [6, 6.07) is 3.17. The molecule has 0 bridgehead atoms. The van der Waals surface area contributed by atoms with Crippen LogP contribution in [0.3, 0.4) is 0 Å². The highest BCUT2D eigenvalue weighted by atomic mass is 35.6. The van der Waals surface area contributed by atoms with E-state index < -0.39 is 15.9 Å². The number of carbonyl (C=O) groups excluding carboxylic acids is 1. The third-order valence-electron chi connectivity index (χ3n) is 1.58. The van der Waals surface area contributed by atoms with Gasteiger partial charge in [0.2, 0.25) is 3.79 Å². The number of nitrogens with one attached hydrogen (secondary N) is 1. The standard InChI is InChI=1S/C9H8Cl3NO4S/c10-9(11,12)4-17-8(16)13-6-2-1-5(18-6)3-7(14)15/h1-2H,3-4H2,(H,13,16)(H,14,15). The summed E-state index contributed by atoms with van der Waals surface area (Å²) in [7, 11) is 0. The summed E-state index contributed by atoms with van der Waals surface area (Å²) < 4.78 is 2.98. The van der Waals surface area contributed by atoms with Crippen LogP contribution >= 0.6 is 46.1 Å². The van der Waals surface area contributed by atoms with Crippen molar-refractivity contribution in [2.24, 2.45) is 0 Å². The van der Waals surface area contributed by atoms with E-state index in [0.29, 0.717) is 9.88 Å². The summed E-state index contributed by atoms with van der Waals surface area (Å²) >= 11 is 17.3. The van der Waals surface area contributed by atoms with Crippen LogP contribution in [-0.4, -0.2) is 27.6 Å². The van der Waals surface area contributed by atoms with Gasteiger partial charge in [0, 0.05) is 4.88 Å². The van der Waals surface area contributed by atoms with Gasteiger partial charge in [0.25, 0.3) is 0 Å². The molecular weight excluding hydrogens is 325 g/mol. The van der Waals surface area contributed by atoms with Crippen molar-refractivity contribution in [2.45, 2.75) is 10.2 Å². The van der Waals surface area contributed by atoms with E-state index >= 15 is 0 Å². The fraction of sp³-hybridized carbons (Fsp3) is 0.333. The maximum atomic E-state index is 11.3. The second-order valence-electron chi connectivity index (χ2n) is 3.15. The van der Waals surface area contributed by atoms with Crippen molar-refractivity contribution in [1.29, 1.82) is 0 Å². The molecule has 1 aromatic rings. The Balaban J connectivity index is 2.45. The minimum atomic E-state index is -1.67. The molecule has 5 nitrogen and oxygen atoms in total. The Morgan fingerprint density at radius 3 is 2.61 bits per heavy atom. The summed E-state index contributed by atoms with van der Waals surface area (Å²) in [6.45, 7) is -0.378. The molecule has 0 atom stereocenters. The number of halogens is 3. The summed E-state index contributed by atoms with van der Waals surface area (Å²) in [6.07, 6.45) is -0.875. The van der Waals surface area contributed by atoms with E-state index in [-0.39, 0.29) is 13.0 Å². The topological polar surface area (TPSA) is 75.6 Å². The average molecular weight is 333 g/mol. The number of carboxylic acid groups (broad SMARTS) is 1. The monoisotopic (exact) mass is 331 g/mol. The number of hydrogen-bond acceptors (Lipinski definition) is 4. The number of hydrogen-bond donors (Lipinski definition) is 2. The number of anilines is 1. The zero-order valence-corrected chi connectivity index (χ0v) is 11.9. The van der Waals surface area contributed by atoms with Gasteiger partial charge in [-0.05, 0) is 12.1 Å². The van der Waals surface area contributed by atoms with E-state index in [4.69, 9.17) is 39.9 Å². The van der Waals surface area contributed by atoms with E-state index in [1.54, 1.807) is 12.1 Å². The SMILES string of the molecule is O=C(O)Cc1ccc(NC(=O)OCC(Cl)(Cl)Cl)s1. The maximum Gasteiger partial charge on any atom is 0.412 e. The van der Waals surface area contributed by atoms with Gasteiger partial charge >= 0.3 is 12.1 Å². The fourth-order valence-electron chi connectivity index (χ4n) is 0.973. The number of amides is 1. The minimum Gasteiger partial charge on any atom is -0.481 e. The molecule has 1 rings (SSSR count). The molecule has 0 saturated heterocycles. The van der Waals surface area contributed by atoms with E-state index in [1.807, 2.05) is 0 Å². The molecule has 0 aliphatic rings. The van der Waals surface area contributed by atoms with Gasteiger partial charge < -0.3 is 9.84 Å². The van der Waals surface area contributed by atoms with Gasteiger partial charge in [-0.15, -0.1) is 11.3 Å². The maximum absolute atomic E-state index is 11.3. The van der Waals surface area contributed by atoms with Gasteiger partial charge in [0.05, 0.1) is 11.4 Å². The molecule has 2 N–H and O–H groups in total. The first-order valence-electron chi connectivity index (χ1n) is 4.57. The third-order valence-corrected chi connectivity index (χ3v) is 2.91. The predicted molar refractivity (Wildman–Crippen MR) is 70.9 cm³/mol. The van der Waals surface area contributed by atoms with Crippen LogP contribution in [-0.2, 0) is 16.0 Å². The van der Waals surface area contributed by atoms with E-state index in [0.717, 1.165) is 11.3 Å². The summed E-state index contributed by atoms with van der Waals surface area (Å²) in [5, 5.41) is 11.4. The molecule has 0 fully saturated rings. The molecule has 100 valence electrons. The van der Waals surface area contributed by atoms with Crippen LogP contribution < -0.4 is 5.32 Å². The van der Waals surface area contributed by atoms with Gasteiger partial charge in [-0.25, -0.2) is 4.79 Å². The lowest BCUT2D eigenvalue weighted by Crippen LogP contribution is -2.20. The van der Waals surface area contributed by atoms with Crippen molar-refractivity contribution >= 4 is 63.2 Å². The van der Waals surface area contributed by atoms with Gasteiger partial charge in [0.1, 0.15) is 6.61 Å². The zero-order chi connectivity index (χ0) is 13.8. The Hall–Kier alpha value is -0.690. The van der Waals surface area contributed by atoms with E-state index in [2.05, 4.69) is 10.1 Å². The largest absolute Gasteiger partial charge is 0.481 e. The first kappa shape index (κ1) is 15.4. The number of thiophene rings is 1. The van der Waals surface area contributed by atoms with Crippen LogP contribution in [0.25, 0.3) is 0 Å². The van der Waals surface area contributed by atoms with Gasteiger partial charge in [-0.3, -0.25) is 10.1 Å². The molecule has 0 unspecified atom stereocenters. The lowest BCUT2D eigenvalue weighted by atomic mass is 10.3. The molecule has 0 spiro atoms. The lowest BCUT2D eigenvalue weighted by Gasteiger charge is -2.11. The number of rotatable bonds is 4. The van der Waals surface area contributed by atoms with Gasteiger partial charge in [-0.2, -0.15) is 0 Å². The molecule has 9 heteroatoms. The fourth-order valence-corrected chi connectivity index (χ4v) is 2.02. The number of carboxylic acids is 1. The van der Waals surface area contributed by atoms with E-state index in [1.165, 1.54) is 0 Å². The van der Waals surface area contributed by atoms with Crippen LogP contribution in [0.4, 0.5) is 9.80 Å². The molecule has 0 radical (unpaired) electrons. The number of carbonyl (C=O) groups is 2. The predicted octanol–water partition coefficient (Wildman–Crippen LogP) is 3.29. The van der Waals surface area contributed by atoms with Crippen molar-refractivity contribution in [3.05, 3.63) is 17.0 Å². The van der Waals surface area contributed by atoms with E-state index in [9.17, 15) is 9.59 Å². The number of alkyl halides is 3. The number of aliphatic carboxylic acids is 1. The molecule has 0 aromatic carbocycles. The van der Waals surface area contributed by atoms with Gasteiger partial charge in [0.15, 0.2) is 0 Å². The Morgan fingerprint density at radius 2 is 2.06 bits per heavy atom. The second kappa shape index (κ2) is 6.47. The Morgan fingerprint density at radius 1 is 1.39 bits per heavy atom. The first-order chi connectivity index (χ1) is 8.26. The smallest absolute Gasteiger partial charge is 0.412 e. The quantitative estimate of drug-likeness (QED) is 0.830. The highest BCUT2D eigenvalue weighted by Crippen LogP contribution is 2.26. The van der Waals surface area contributed by atoms with Crippen LogP contribution in [0.1, 0.15) is 4.88 Å². The Labute approximate surface area is 122 Å². The molecule has 1 aromatic heterocycles. The molecule has 18 heavy (non-hydrogen) atoms. The minimum absolute atomic E-state index is 0.102. The molecule has 0 saturated carbocycles. The average Bonchev–Trinajstić information content (AvgIpc) is 2.60. The second-order valence-corrected chi connectivity index (χ2v) is 6.84. The van der Waals surface area contributed by atoms with Crippen LogP contribution in [0.2, 0.25) is 0 Å². The van der Waals surface area contributed by atoms with Crippen molar-refractivity contribution in [2.75, 3.05) is 11.9 Å². The molecule has 1 heterocycles. The highest BCUT2D eigenvalue weighted by molar-refractivity contribution is 7.16. The summed E-state index contributed by atoms with van der Waals surface area (Å²) in [4.78, 5) is 22.3. The first-order valence-corrected chi connectivity index (χ1v) is 6.52. The molecule has 0 aliphatic heterocycles. The van der Waals surface area contributed by atoms with Crippen LogP contribution in [0.5, 0.6) is 0 Å². The van der Waals surface area contributed by atoms with Crippen LogP contribution in [0.15, 0.2) is 12.1 Å². The third kappa shape index (κ3) is 6.30. The normalized spacial score (nSPS) is 11.1. The molecule has 1 amide bonds. The van der Waals surface area contributed by atoms with Crippen molar-refractivity contribution < 1.29 is 19.4 Å². The van der Waals surface area contributed by atoms with Gasteiger partial charge in [-0.1, -0.05) is 34.8 Å². The number of ether oxygens (including phenoxy) is 1. The summed E-state index contributed by atoms with van der Waals surface area (Å²) in [5.74, 6) is -0.942. The zero-order valence-electron chi connectivity index (χ0n) is 8.78. The summed E-state index contributed by atoms with van der Waals surface area (Å²) in [5.41, 5.74) is 0. The van der Waals surface area contributed by atoms with Crippen molar-refractivity contribution in [3.63, 3.8) is 0 Å². The lowest BCUT2D eigenvalue weighted by molar-refractivity contribution is -0.136. The molecular formula is C9H8Cl3NO4S. The van der Waals surface area contributed by atoms with Crippen LogP contribution in [0, 0.1) is 0 Å². The Bertz CT molecular complexity index is 443. The van der Waals surface area contributed by atoms with Crippen molar-refractivity contribution in [3.8, 4) is 0 Å². The Kier molecular flexibility index (Phi) is 5.52. The highest BCUT2D eigenvalue weighted by Gasteiger charge is 2.22. The van der Waals surface area contributed by atoms with Crippen molar-refractivity contribution in [1.82, 2.24) is 0 Å². The molecule has 0 aliphatic carbocycles.